The summed E-state index contributed by atoms with van der Waals surface area (Å²) in [6, 6.07) is 3.75. The van der Waals surface area contributed by atoms with E-state index in [1.807, 2.05) is 0 Å². The molecule has 1 rings (SSSR count). The Labute approximate surface area is 108 Å². The van der Waals surface area contributed by atoms with Gasteiger partial charge in [0.1, 0.15) is 11.6 Å². The lowest BCUT2D eigenvalue weighted by Gasteiger charge is -2.13. The molecule has 0 aliphatic rings. The summed E-state index contributed by atoms with van der Waals surface area (Å²) in [4.78, 5) is 11.8. The molecule has 4 nitrogen and oxygen atoms in total. The van der Waals surface area contributed by atoms with Crippen molar-refractivity contribution in [1.82, 2.24) is 5.32 Å². The Morgan fingerprint density at radius 3 is 2.72 bits per heavy atom. The van der Waals surface area contributed by atoms with Crippen molar-refractivity contribution in [2.24, 2.45) is 0 Å². The van der Waals surface area contributed by atoms with E-state index in [2.05, 4.69) is 5.32 Å². The van der Waals surface area contributed by atoms with Gasteiger partial charge in [-0.1, -0.05) is 0 Å². The number of methoxy groups -OCH3 is 1. The zero-order chi connectivity index (χ0) is 13.7. The Morgan fingerprint density at radius 1 is 1.56 bits per heavy atom. The van der Waals surface area contributed by atoms with E-state index in [1.165, 1.54) is 19.2 Å². The molecular weight excluding hydrogens is 257 g/mol. The SMILES string of the molecule is COc1ccc(C(=O)NC(C)CS(C)=O)c(F)c1. The van der Waals surface area contributed by atoms with E-state index < -0.39 is 22.5 Å². The summed E-state index contributed by atoms with van der Waals surface area (Å²) in [5.41, 5.74) is -0.0514. The molecule has 1 aromatic carbocycles. The predicted molar refractivity (Wildman–Crippen MR) is 68.8 cm³/mol. The number of halogens is 1. The third kappa shape index (κ3) is 4.10. The fourth-order valence-electron chi connectivity index (χ4n) is 1.50. The summed E-state index contributed by atoms with van der Waals surface area (Å²) in [5.74, 6) is -0.472. The molecule has 18 heavy (non-hydrogen) atoms. The lowest BCUT2D eigenvalue weighted by atomic mass is 10.2. The zero-order valence-electron chi connectivity index (χ0n) is 10.5. The molecule has 1 aromatic rings. The molecule has 1 N–H and O–H groups in total. The quantitative estimate of drug-likeness (QED) is 0.880. The summed E-state index contributed by atoms with van der Waals surface area (Å²) in [5, 5.41) is 2.59. The summed E-state index contributed by atoms with van der Waals surface area (Å²) >= 11 is 0. The number of nitrogens with one attached hydrogen (secondary N) is 1. The molecule has 2 atom stereocenters. The second kappa shape index (κ2) is 6.49. The first-order chi connectivity index (χ1) is 8.43. The molecule has 0 aliphatic carbocycles. The molecule has 0 aromatic heterocycles. The van der Waals surface area contributed by atoms with Crippen LogP contribution in [-0.4, -0.2) is 35.3 Å². The topological polar surface area (TPSA) is 55.4 Å². The van der Waals surface area contributed by atoms with E-state index >= 15 is 0 Å². The molecule has 6 heteroatoms. The normalized spacial score (nSPS) is 13.8. The van der Waals surface area contributed by atoms with Crippen LogP contribution in [0.15, 0.2) is 18.2 Å². The van der Waals surface area contributed by atoms with Crippen LogP contribution in [-0.2, 0) is 10.8 Å². The molecule has 1 amide bonds. The maximum Gasteiger partial charge on any atom is 0.254 e. The van der Waals surface area contributed by atoms with E-state index in [0.29, 0.717) is 11.5 Å². The second-order valence-electron chi connectivity index (χ2n) is 3.96. The van der Waals surface area contributed by atoms with Crippen LogP contribution in [0.1, 0.15) is 17.3 Å². The van der Waals surface area contributed by atoms with Crippen molar-refractivity contribution >= 4 is 16.7 Å². The van der Waals surface area contributed by atoms with Gasteiger partial charge < -0.3 is 10.1 Å². The van der Waals surface area contributed by atoms with Crippen molar-refractivity contribution in [2.75, 3.05) is 19.1 Å². The van der Waals surface area contributed by atoms with Gasteiger partial charge in [-0.15, -0.1) is 0 Å². The van der Waals surface area contributed by atoms with Crippen molar-refractivity contribution in [2.45, 2.75) is 13.0 Å². The smallest absolute Gasteiger partial charge is 0.254 e. The monoisotopic (exact) mass is 273 g/mol. The lowest BCUT2D eigenvalue weighted by Crippen LogP contribution is -2.36. The van der Waals surface area contributed by atoms with Gasteiger partial charge in [0, 0.05) is 34.9 Å². The lowest BCUT2D eigenvalue weighted by molar-refractivity contribution is 0.0939. The first kappa shape index (κ1) is 14.6. The van der Waals surface area contributed by atoms with Gasteiger partial charge in [-0.2, -0.15) is 0 Å². The maximum absolute atomic E-state index is 13.6. The average molecular weight is 273 g/mol. The minimum Gasteiger partial charge on any atom is -0.497 e. The van der Waals surface area contributed by atoms with Gasteiger partial charge in [-0.25, -0.2) is 4.39 Å². The van der Waals surface area contributed by atoms with Crippen LogP contribution in [0.25, 0.3) is 0 Å². The summed E-state index contributed by atoms with van der Waals surface area (Å²) in [6.07, 6.45) is 1.55. The fourth-order valence-corrected chi connectivity index (χ4v) is 2.29. The molecular formula is C12H16FNO3S. The third-order valence-corrected chi connectivity index (χ3v) is 3.25. The van der Waals surface area contributed by atoms with Gasteiger partial charge in [0.05, 0.1) is 12.7 Å². The van der Waals surface area contributed by atoms with E-state index in [1.54, 1.807) is 13.2 Å². The van der Waals surface area contributed by atoms with Crippen LogP contribution in [0.2, 0.25) is 0 Å². The first-order valence-electron chi connectivity index (χ1n) is 5.38. The van der Waals surface area contributed by atoms with Crippen molar-refractivity contribution in [3.63, 3.8) is 0 Å². The predicted octanol–water partition coefficient (Wildman–Crippen LogP) is 1.33. The molecule has 100 valence electrons. The van der Waals surface area contributed by atoms with Crippen molar-refractivity contribution in [3.8, 4) is 5.75 Å². The minimum atomic E-state index is -1.01. The second-order valence-corrected chi connectivity index (χ2v) is 5.44. The van der Waals surface area contributed by atoms with Gasteiger partial charge in [0.15, 0.2) is 0 Å². The highest BCUT2D eigenvalue weighted by Crippen LogP contribution is 2.16. The summed E-state index contributed by atoms with van der Waals surface area (Å²) in [7, 11) is 0.416. The van der Waals surface area contributed by atoms with Crippen molar-refractivity contribution in [1.29, 1.82) is 0 Å². The maximum atomic E-state index is 13.6. The highest BCUT2D eigenvalue weighted by molar-refractivity contribution is 7.84. The Balaban J connectivity index is 2.75. The Bertz CT molecular complexity index is 465. The standard InChI is InChI=1S/C12H16FNO3S/c1-8(7-18(3)16)14-12(15)10-5-4-9(17-2)6-11(10)13/h4-6,8H,7H2,1-3H3,(H,14,15). The zero-order valence-corrected chi connectivity index (χ0v) is 11.3. The van der Waals surface area contributed by atoms with Crippen LogP contribution < -0.4 is 10.1 Å². The van der Waals surface area contributed by atoms with Crippen LogP contribution in [0.5, 0.6) is 5.75 Å². The number of carbonyl (C=O) groups excluding carboxylic acids is 1. The number of ether oxygens (including phenoxy) is 1. The largest absolute Gasteiger partial charge is 0.497 e. The Hall–Kier alpha value is -1.43. The minimum absolute atomic E-state index is 0.0514. The molecule has 0 bridgehead atoms. The number of amides is 1. The van der Waals surface area contributed by atoms with Crippen LogP contribution in [0.3, 0.4) is 0 Å². The van der Waals surface area contributed by atoms with Crippen molar-refractivity contribution < 1.29 is 18.1 Å². The Kier molecular flexibility index (Phi) is 5.27. The molecule has 0 radical (unpaired) electrons. The molecule has 0 fully saturated rings. The molecule has 0 saturated carbocycles. The Morgan fingerprint density at radius 2 is 2.22 bits per heavy atom. The molecule has 0 saturated heterocycles. The summed E-state index contributed by atoms with van der Waals surface area (Å²) in [6.45, 7) is 1.72. The van der Waals surface area contributed by atoms with Gasteiger partial charge >= 0.3 is 0 Å². The van der Waals surface area contributed by atoms with Crippen LogP contribution >= 0.6 is 0 Å². The number of carbonyl (C=O) groups is 1. The third-order valence-electron chi connectivity index (χ3n) is 2.28. The van der Waals surface area contributed by atoms with Crippen molar-refractivity contribution in [3.05, 3.63) is 29.6 Å². The van der Waals surface area contributed by atoms with Gasteiger partial charge in [-0.05, 0) is 19.1 Å². The average Bonchev–Trinajstić information content (AvgIpc) is 2.27. The molecule has 0 aliphatic heterocycles. The number of rotatable bonds is 5. The van der Waals surface area contributed by atoms with E-state index in [-0.39, 0.29) is 11.6 Å². The van der Waals surface area contributed by atoms with E-state index in [4.69, 9.17) is 4.74 Å². The number of hydrogen-bond acceptors (Lipinski definition) is 3. The number of hydrogen-bond donors (Lipinski definition) is 1. The van der Waals surface area contributed by atoms with E-state index in [9.17, 15) is 13.4 Å². The first-order valence-corrected chi connectivity index (χ1v) is 7.11. The van der Waals surface area contributed by atoms with Gasteiger partial charge in [-0.3, -0.25) is 9.00 Å². The molecule has 2 unspecified atom stereocenters. The number of benzene rings is 1. The highest BCUT2D eigenvalue weighted by atomic mass is 32.2. The van der Waals surface area contributed by atoms with Gasteiger partial charge in [0.25, 0.3) is 5.91 Å². The van der Waals surface area contributed by atoms with Gasteiger partial charge in [0.2, 0.25) is 0 Å². The highest BCUT2D eigenvalue weighted by Gasteiger charge is 2.15. The molecule has 0 heterocycles. The fraction of sp³-hybridized carbons (Fsp3) is 0.417. The molecule has 0 spiro atoms. The van der Waals surface area contributed by atoms with Crippen LogP contribution in [0, 0.1) is 5.82 Å². The summed E-state index contributed by atoms with van der Waals surface area (Å²) < 4.78 is 29.4. The van der Waals surface area contributed by atoms with E-state index in [0.717, 1.165) is 6.07 Å². The van der Waals surface area contributed by atoms with Crippen LogP contribution in [0.4, 0.5) is 4.39 Å².